The lowest BCUT2D eigenvalue weighted by Gasteiger charge is -2.73. The van der Waals surface area contributed by atoms with Gasteiger partial charge in [0.2, 0.25) is 0 Å². The predicted molar refractivity (Wildman–Crippen MR) is 139 cm³/mol. The van der Waals surface area contributed by atoms with Gasteiger partial charge in [-0.25, -0.2) is 0 Å². The van der Waals surface area contributed by atoms with E-state index in [9.17, 15) is 24.9 Å². The van der Waals surface area contributed by atoms with Gasteiger partial charge in [-0.15, -0.1) is 0 Å². The van der Waals surface area contributed by atoms with Crippen LogP contribution in [0.4, 0.5) is 0 Å². The van der Waals surface area contributed by atoms with E-state index >= 15 is 0 Å². The number of aliphatic carboxylic acids is 2. The molecule has 0 spiro atoms. The average Bonchev–Trinajstić information content (AvgIpc) is 3.18. The lowest BCUT2D eigenvalue weighted by atomic mass is 9.31. The Morgan fingerprint density at radius 3 is 2.08 bits per heavy atom. The summed E-state index contributed by atoms with van der Waals surface area (Å²) in [6.07, 6.45) is 7.32. The zero-order chi connectivity index (χ0) is 26.6. The molecule has 0 saturated heterocycles. The van der Waals surface area contributed by atoms with Gasteiger partial charge in [0.1, 0.15) is 0 Å². The van der Waals surface area contributed by atoms with Crippen molar-refractivity contribution in [2.75, 3.05) is 0 Å². The molecule has 3 N–H and O–H groups in total. The zero-order valence-corrected chi connectivity index (χ0v) is 23.3. The number of fused-ring (bicyclic) bond motifs is 7. The maximum Gasteiger partial charge on any atom is 0.310 e. The summed E-state index contributed by atoms with van der Waals surface area (Å²) < 4.78 is 0. The highest BCUT2D eigenvalue weighted by Gasteiger charge is 2.75. The summed E-state index contributed by atoms with van der Waals surface area (Å²) in [6, 6.07) is 0. The van der Waals surface area contributed by atoms with E-state index in [1.165, 1.54) is 0 Å². The van der Waals surface area contributed by atoms with Crippen LogP contribution in [0.3, 0.4) is 0 Å². The number of rotatable bonds is 3. The van der Waals surface area contributed by atoms with E-state index in [0.717, 1.165) is 50.5 Å². The minimum absolute atomic E-state index is 0.0554. The molecule has 11 atom stereocenters. The summed E-state index contributed by atoms with van der Waals surface area (Å²) in [5.74, 6) is -1.71. The average molecular weight is 501 g/mol. The van der Waals surface area contributed by atoms with Gasteiger partial charge in [0, 0.05) is 0 Å². The van der Waals surface area contributed by atoms with Crippen molar-refractivity contribution in [1.29, 1.82) is 0 Å². The molecule has 0 aromatic heterocycles. The first-order valence-electron chi connectivity index (χ1n) is 14.4. The fraction of sp³-hybridized carbons (Fsp3) is 0.871. The molecule has 5 heteroatoms. The fourth-order valence-electron chi connectivity index (χ4n) is 11.9. The molecule has 0 aromatic rings. The molecule has 0 aliphatic heterocycles. The van der Waals surface area contributed by atoms with Crippen LogP contribution < -0.4 is 0 Å². The van der Waals surface area contributed by atoms with E-state index < -0.39 is 23.3 Å². The van der Waals surface area contributed by atoms with Crippen LogP contribution in [0.5, 0.6) is 0 Å². The van der Waals surface area contributed by atoms with Gasteiger partial charge in [0.15, 0.2) is 0 Å². The summed E-state index contributed by atoms with van der Waals surface area (Å²) in [7, 11) is 0. The number of aliphatic hydroxyl groups is 1. The van der Waals surface area contributed by atoms with Crippen molar-refractivity contribution in [3.8, 4) is 0 Å². The molecule has 0 aromatic carbocycles. The van der Waals surface area contributed by atoms with Crippen LogP contribution in [-0.2, 0) is 9.59 Å². The van der Waals surface area contributed by atoms with Crippen molar-refractivity contribution in [2.45, 2.75) is 105 Å². The van der Waals surface area contributed by atoms with E-state index in [1.54, 1.807) is 0 Å². The first-order valence-corrected chi connectivity index (χ1v) is 14.4. The van der Waals surface area contributed by atoms with Crippen LogP contribution in [-0.4, -0.2) is 33.4 Å². The number of aliphatic hydroxyl groups excluding tert-OH is 1. The van der Waals surface area contributed by atoms with Gasteiger partial charge in [0.05, 0.1) is 17.4 Å². The number of hydrogen-bond donors (Lipinski definition) is 3. The molecule has 5 nitrogen and oxygen atoms in total. The molecule has 202 valence electrons. The second kappa shape index (κ2) is 7.83. The van der Waals surface area contributed by atoms with Gasteiger partial charge in [-0.2, -0.15) is 0 Å². The second-order valence-electron chi connectivity index (χ2n) is 15.0. The minimum atomic E-state index is -1.19. The Morgan fingerprint density at radius 1 is 0.833 bits per heavy atom. The van der Waals surface area contributed by atoms with E-state index in [1.807, 2.05) is 6.92 Å². The summed E-state index contributed by atoms with van der Waals surface area (Å²) in [6.45, 7) is 18.0. The highest BCUT2D eigenvalue weighted by atomic mass is 16.4. The monoisotopic (exact) mass is 500 g/mol. The van der Waals surface area contributed by atoms with Crippen molar-refractivity contribution < 1.29 is 24.9 Å². The summed E-state index contributed by atoms with van der Waals surface area (Å²) in [4.78, 5) is 25.9. The molecule has 0 amide bonds. The molecule has 5 aliphatic carbocycles. The highest BCUT2D eigenvalue weighted by molar-refractivity contribution is 5.85. The van der Waals surface area contributed by atoms with Crippen LogP contribution in [0, 0.1) is 62.6 Å². The third-order valence-corrected chi connectivity index (χ3v) is 13.8. The molecule has 36 heavy (non-hydrogen) atoms. The first-order chi connectivity index (χ1) is 16.6. The maximum atomic E-state index is 13.0. The van der Waals surface area contributed by atoms with Crippen molar-refractivity contribution in [3.05, 3.63) is 12.2 Å². The Labute approximate surface area is 217 Å². The Hall–Kier alpha value is -1.36. The third-order valence-electron chi connectivity index (χ3n) is 13.8. The van der Waals surface area contributed by atoms with Gasteiger partial charge in [-0.05, 0) is 116 Å². The van der Waals surface area contributed by atoms with E-state index in [2.05, 4.69) is 41.2 Å². The third kappa shape index (κ3) is 2.93. The van der Waals surface area contributed by atoms with E-state index in [-0.39, 0.29) is 45.5 Å². The highest BCUT2D eigenvalue weighted by Crippen LogP contribution is 2.78. The second-order valence-corrected chi connectivity index (χ2v) is 15.0. The molecule has 1 unspecified atom stereocenters. The van der Waals surface area contributed by atoms with Gasteiger partial charge in [-0.1, -0.05) is 46.8 Å². The summed E-state index contributed by atoms with van der Waals surface area (Å²) in [5, 5.41) is 32.1. The minimum Gasteiger partial charge on any atom is -0.481 e. The molecule has 5 saturated carbocycles. The molecule has 0 bridgehead atoms. The van der Waals surface area contributed by atoms with Crippen LogP contribution in [0.25, 0.3) is 0 Å². The maximum absolute atomic E-state index is 13.0. The first kappa shape index (κ1) is 26.3. The summed E-state index contributed by atoms with van der Waals surface area (Å²) in [5.41, 5.74) is -0.498. The summed E-state index contributed by atoms with van der Waals surface area (Å²) >= 11 is 0. The lowest BCUT2D eigenvalue weighted by Crippen LogP contribution is -2.69. The number of carbonyl (C=O) groups is 2. The van der Waals surface area contributed by atoms with Crippen molar-refractivity contribution in [2.24, 2.45) is 62.6 Å². The Balaban J connectivity index is 1.64. The molecule has 5 rings (SSSR count). The normalized spacial score (nSPS) is 53.4. The number of hydrogen-bond acceptors (Lipinski definition) is 3. The quantitative estimate of drug-likeness (QED) is 0.390. The Bertz CT molecular complexity index is 985. The smallest absolute Gasteiger partial charge is 0.310 e. The number of carboxylic acid groups (broad SMARTS) is 2. The predicted octanol–water partition coefficient (Wildman–Crippen LogP) is 6.40. The molecule has 5 aliphatic rings. The largest absolute Gasteiger partial charge is 0.481 e. The van der Waals surface area contributed by atoms with Gasteiger partial charge < -0.3 is 15.3 Å². The van der Waals surface area contributed by atoms with Gasteiger partial charge >= 0.3 is 11.9 Å². The zero-order valence-electron chi connectivity index (χ0n) is 23.3. The van der Waals surface area contributed by atoms with Crippen LogP contribution in [0.2, 0.25) is 0 Å². The Kier molecular flexibility index (Phi) is 5.71. The number of allylic oxidation sites excluding steroid dienone is 1. The molecule has 0 heterocycles. The number of carboxylic acids is 2. The van der Waals surface area contributed by atoms with Crippen molar-refractivity contribution >= 4 is 11.9 Å². The van der Waals surface area contributed by atoms with Crippen LogP contribution in [0.1, 0.15) is 99.3 Å². The lowest BCUT2D eigenvalue weighted by molar-refractivity contribution is -0.257. The topological polar surface area (TPSA) is 94.8 Å². The SMILES string of the molecule is C=C(C)[C@@H]1CC[C@]2(C(=O)O)C(C(=O)O)C[C@]3(C)[C@H](CC[C@@H]4[C@@]5(C)CC[C@H](O)C(C)(C)[C@@H]5CC[C@]43C)[C@@H]12. The molecule has 0 radical (unpaired) electrons. The van der Waals surface area contributed by atoms with Crippen LogP contribution in [0.15, 0.2) is 12.2 Å². The van der Waals surface area contributed by atoms with Crippen LogP contribution >= 0.6 is 0 Å². The standard InChI is InChI=1S/C31H48O5/c1-17(2)18-10-15-31(26(35)36)20(25(33)34)16-30(7)19(24(18)31)8-9-22-28(5)13-12-23(32)27(3,4)21(28)11-14-29(22,30)6/h18-24,32H,1,8-16H2,2-7H3,(H,33,34)(H,35,36)/t18-,19+,20?,21-,22+,23-,24+,28-,29+,30+,31-/m0/s1. The van der Waals surface area contributed by atoms with Crippen molar-refractivity contribution in [1.82, 2.24) is 0 Å². The van der Waals surface area contributed by atoms with E-state index in [0.29, 0.717) is 24.7 Å². The molecular formula is C31H48O5. The van der Waals surface area contributed by atoms with Gasteiger partial charge in [0.25, 0.3) is 0 Å². The fourth-order valence-corrected chi connectivity index (χ4v) is 11.9. The van der Waals surface area contributed by atoms with E-state index in [4.69, 9.17) is 0 Å². The molecular weight excluding hydrogens is 452 g/mol. The Morgan fingerprint density at radius 2 is 1.50 bits per heavy atom. The molecule has 5 fully saturated rings. The van der Waals surface area contributed by atoms with Gasteiger partial charge in [-0.3, -0.25) is 9.59 Å². The van der Waals surface area contributed by atoms with Crippen molar-refractivity contribution in [3.63, 3.8) is 0 Å².